The highest BCUT2D eigenvalue weighted by molar-refractivity contribution is 5.91. The summed E-state index contributed by atoms with van der Waals surface area (Å²) in [4.78, 5) is 4.12. The number of ether oxygens (including phenoxy) is 1. The van der Waals surface area contributed by atoms with Crippen LogP contribution < -0.4 is 0 Å². The fraction of sp³-hybridized carbons (Fsp3) is 0.125. The highest BCUT2D eigenvalue weighted by Gasteiger charge is 2.03. The molecule has 0 aliphatic rings. The van der Waals surface area contributed by atoms with Gasteiger partial charge < -0.3 is 9.30 Å². The zero-order valence-electron chi connectivity index (χ0n) is 11.2. The first kappa shape index (κ1) is 12.4. The van der Waals surface area contributed by atoms with Gasteiger partial charge in [-0.2, -0.15) is 0 Å². The molecule has 100 valence electrons. The summed E-state index contributed by atoms with van der Waals surface area (Å²) in [6.45, 7) is 0.800. The Kier molecular flexibility index (Phi) is 3.21. The molecule has 2 heterocycles. The fourth-order valence-corrected chi connectivity index (χ4v) is 2.25. The van der Waals surface area contributed by atoms with Crippen molar-refractivity contribution in [1.82, 2.24) is 9.55 Å². The number of hydrogen-bond donors (Lipinski definition) is 1. The monoisotopic (exact) mass is 265 g/mol. The molecule has 0 saturated heterocycles. The molecule has 0 saturated carbocycles. The molecule has 0 spiro atoms. The molecule has 0 aliphatic heterocycles. The molecule has 3 aromatic rings. The van der Waals surface area contributed by atoms with Gasteiger partial charge >= 0.3 is 0 Å². The molecule has 0 atom stereocenters. The largest absolute Gasteiger partial charge is 0.481 e. The molecule has 1 aromatic carbocycles. The van der Waals surface area contributed by atoms with E-state index < -0.39 is 0 Å². The highest BCUT2D eigenvalue weighted by atomic mass is 16.5. The van der Waals surface area contributed by atoms with Crippen molar-refractivity contribution in [1.29, 1.82) is 5.41 Å². The SMILES string of the molecule is COC(=N)c1ccc(Cn2ccc3cnccc32)cc1. The Morgan fingerprint density at radius 3 is 2.75 bits per heavy atom. The van der Waals surface area contributed by atoms with Gasteiger partial charge in [-0.15, -0.1) is 0 Å². The van der Waals surface area contributed by atoms with E-state index in [2.05, 4.69) is 21.8 Å². The van der Waals surface area contributed by atoms with E-state index in [0.29, 0.717) is 0 Å². The van der Waals surface area contributed by atoms with E-state index in [1.807, 2.05) is 42.7 Å². The lowest BCUT2D eigenvalue weighted by Gasteiger charge is -2.07. The zero-order valence-corrected chi connectivity index (χ0v) is 11.2. The van der Waals surface area contributed by atoms with Gasteiger partial charge in [0.1, 0.15) is 0 Å². The Bertz CT molecular complexity index is 744. The van der Waals surface area contributed by atoms with Gasteiger partial charge in [-0.1, -0.05) is 12.1 Å². The number of fused-ring (bicyclic) bond motifs is 1. The lowest BCUT2D eigenvalue weighted by Crippen LogP contribution is -2.02. The van der Waals surface area contributed by atoms with Crippen LogP contribution in [0.2, 0.25) is 0 Å². The van der Waals surface area contributed by atoms with Crippen LogP contribution in [-0.2, 0) is 11.3 Å². The van der Waals surface area contributed by atoms with Crippen molar-refractivity contribution in [3.05, 3.63) is 66.1 Å². The number of aromatic nitrogens is 2. The molecule has 1 N–H and O–H groups in total. The minimum Gasteiger partial charge on any atom is -0.481 e. The smallest absolute Gasteiger partial charge is 0.212 e. The standard InChI is InChI=1S/C16H15N3O/c1-20-16(17)13-4-2-12(3-5-13)11-19-9-7-14-10-18-8-6-15(14)19/h2-10,17H,11H2,1H3. The van der Waals surface area contributed by atoms with Crippen molar-refractivity contribution in [3.63, 3.8) is 0 Å². The van der Waals surface area contributed by atoms with E-state index in [9.17, 15) is 0 Å². The van der Waals surface area contributed by atoms with E-state index in [1.54, 1.807) is 0 Å². The lowest BCUT2D eigenvalue weighted by molar-refractivity contribution is 0.401. The van der Waals surface area contributed by atoms with Crippen LogP contribution in [0, 0.1) is 5.41 Å². The van der Waals surface area contributed by atoms with Crippen molar-refractivity contribution in [2.45, 2.75) is 6.54 Å². The van der Waals surface area contributed by atoms with Crippen molar-refractivity contribution < 1.29 is 4.74 Å². The second-order valence-corrected chi connectivity index (χ2v) is 4.61. The van der Waals surface area contributed by atoms with Crippen LogP contribution in [0.3, 0.4) is 0 Å². The molecule has 0 fully saturated rings. The maximum absolute atomic E-state index is 7.62. The van der Waals surface area contributed by atoms with Crippen LogP contribution in [0.15, 0.2) is 55.0 Å². The predicted octanol–water partition coefficient (Wildman–Crippen LogP) is 3.06. The minimum absolute atomic E-state index is 0.189. The summed E-state index contributed by atoms with van der Waals surface area (Å²) in [5.41, 5.74) is 3.15. The Hall–Kier alpha value is -2.62. The van der Waals surface area contributed by atoms with Crippen molar-refractivity contribution in [2.24, 2.45) is 0 Å². The summed E-state index contributed by atoms with van der Waals surface area (Å²) >= 11 is 0. The maximum Gasteiger partial charge on any atom is 0.212 e. The molecule has 20 heavy (non-hydrogen) atoms. The van der Waals surface area contributed by atoms with Gasteiger partial charge in [-0.05, 0) is 29.8 Å². The van der Waals surface area contributed by atoms with Crippen LogP contribution in [0.4, 0.5) is 0 Å². The maximum atomic E-state index is 7.62. The summed E-state index contributed by atoms with van der Waals surface area (Å²) in [6.07, 6.45) is 5.74. The van der Waals surface area contributed by atoms with Gasteiger partial charge in [0.2, 0.25) is 5.90 Å². The van der Waals surface area contributed by atoms with Crippen LogP contribution >= 0.6 is 0 Å². The first-order chi connectivity index (χ1) is 9.78. The molecular formula is C16H15N3O. The van der Waals surface area contributed by atoms with Gasteiger partial charge in [-0.3, -0.25) is 10.4 Å². The van der Waals surface area contributed by atoms with Crippen LogP contribution in [0.5, 0.6) is 0 Å². The molecular weight excluding hydrogens is 250 g/mol. The number of methoxy groups -OCH3 is 1. The van der Waals surface area contributed by atoms with Crippen LogP contribution in [0.1, 0.15) is 11.1 Å². The van der Waals surface area contributed by atoms with Gasteiger partial charge in [0.25, 0.3) is 0 Å². The first-order valence-electron chi connectivity index (χ1n) is 6.38. The summed E-state index contributed by atoms with van der Waals surface area (Å²) in [5.74, 6) is 0.189. The molecule has 0 amide bonds. The van der Waals surface area contributed by atoms with E-state index in [1.165, 1.54) is 18.2 Å². The van der Waals surface area contributed by atoms with E-state index in [-0.39, 0.29) is 5.90 Å². The Morgan fingerprint density at radius 2 is 2.00 bits per heavy atom. The minimum atomic E-state index is 0.189. The van der Waals surface area contributed by atoms with Crippen molar-refractivity contribution in [3.8, 4) is 0 Å². The number of benzene rings is 1. The zero-order chi connectivity index (χ0) is 13.9. The fourth-order valence-electron chi connectivity index (χ4n) is 2.25. The Balaban J connectivity index is 1.86. The second-order valence-electron chi connectivity index (χ2n) is 4.61. The molecule has 4 nitrogen and oxygen atoms in total. The second kappa shape index (κ2) is 5.17. The Labute approximate surface area is 117 Å². The van der Waals surface area contributed by atoms with E-state index in [0.717, 1.165) is 17.5 Å². The molecule has 2 aromatic heterocycles. The van der Waals surface area contributed by atoms with Crippen LogP contribution in [0.25, 0.3) is 10.9 Å². The number of rotatable bonds is 3. The summed E-state index contributed by atoms with van der Waals surface area (Å²) < 4.78 is 7.10. The van der Waals surface area contributed by atoms with Gasteiger partial charge in [0, 0.05) is 36.1 Å². The third-order valence-electron chi connectivity index (χ3n) is 3.34. The summed E-state index contributed by atoms with van der Waals surface area (Å²) in [6, 6.07) is 12.0. The average Bonchev–Trinajstić information content (AvgIpc) is 2.91. The summed E-state index contributed by atoms with van der Waals surface area (Å²) in [7, 11) is 1.51. The lowest BCUT2D eigenvalue weighted by atomic mass is 10.1. The van der Waals surface area contributed by atoms with Gasteiger partial charge in [0.05, 0.1) is 12.6 Å². The van der Waals surface area contributed by atoms with Crippen molar-refractivity contribution in [2.75, 3.05) is 7.11 Å². The van der Waals surface area contributed by atoms with Crippen LogP contribution in [-0.4, -0.2) is 22.6 Å². The van der Waals surface area contributed by atoms with Crippen molar-refractivity contribution >= 4 is 16.8 Å². The number of nitrogens with one attached hydrogen (secondary N) is 1. The molecule has 0 unspecified atom stereocenters. The molecule has 0 bridgehead atoms. The molecule has 0 radical (unpaired) electrons. The van der Waals surface area contributed by atoms with Gasteiger partial charge in [0.15, 0.2) is 0 Å². The number of pyridine rings is 1. The normalized spacial score (nSPS) is 10.7. The van der Waals surface area contributed by atoms with E-state index in [4.69, 9.17) is 10.1 Å². The number of nitrogens with zero attached hydrogens (tertiary/aromatic N) is 2. The Morgan fingerprint density at radius 1 is 1.20 bits per heavy atom. The molecule has 4 heteroatoms. The highest BCUT2D eigenvalue weighted by Crippen LogP contribution is 2.16. The topological polar surface area (TPSA) is 50.9 Å². The first-order valence-corrected chi connectivity index (χ1v) is 6.38. The third kappa shape index (κ3) is 2.28. The summed E-state index contributed by atoms with van der Waals surface area (Å²) in [5, 5.41) is 8.76. The molecule has 3 rings (SSSR count). The number of hydrogen-bond acceptors (Lipinski definition) is 3. The molecule has 0 aliphatic carbocycles. The average molecular weight is 265 g/mol. The quantitative estimate of drug-likeness (QED) is 0.584. The van der Waals surface area contributed by atoms with E-state index >= 15 is 0 Å². The third-order valence-corrected chi connectivity index (χ3v) is 3.34. The van der Waals surface area contributed by atoms with Gasteiger partial charge in [-0.25, -0.2) is 0 Å². The predicted molar refractivity (Wildman–Crippen MR) is 79.1 cm³/mol.